The molecule has 0 bridgehead atoms. The number of imidazole rings is 1. The third-order valence-electron chi connectivity index (χ3n) is 3.63. The molecule has 0 atom stereocenters. The first-order valence-electron chi connectivity index (χ1n) is 7.05. The molecular weight excluding hydrogens is 284 g/mol. The van der Waals surface area contributed by atoms with Crippen LogP contribution in [0.2, 0.25) is 0 Å². The van der Waals surface area contributed by atoms with E-state index in [9.17, 15) is 0 Å². The van der Waals surface area contributed by atoms with Crippen molar-refractivity contribution in [2.75, 3.05) is 7.11 Å². The Morgan fingerprint density at radius 1 is 1.19 bits per heavy atom. The van der Waals surface area contributed by atoms with Gasteiger partial charge in [-0.25, -0.2) is 9.97 Å². The van der Waals surface area contributed by atoms with Gasteiger partial charge in [0.15, 0.2) is 0 Å². The first kappa shape index (κ1) is 14.0. The van der Waals surface area contributed by atoms with Crippen LogP contribution in [-0.4, -0.2) is 26.5 Å². The monoisotopic (exact) mass is 302 g/mol. The third-order valence-corrected chi connectivity index (χ3v) is 4.54. The summed E-state index contributed by atoms with van der Waals surface area (Å²) in [6.07, 6.45) is 3.83. The minimum Gasteiger partial charge on any atom is -0.481 e. The van der Waals surface area contributed by atoms with Gasteiger partial charge in [-0.05, 0) is 19.8 Å². The Morgan fingerprint density at radius 2 is 2.00 bits per heavy atom. The van der Waals surface area contributed by atoms with Crippen LogP contribution in [0.3, 0.4) is 0 Å². The Morgan fingerprint density at radius 3 is 2.62 bits per heavy atom. The van der Waals surface area contributed by atoms with E-state index in [0.717, 1.165) is 40.5 Å². The van der Waals surface area contributed by atoms with Crippen LogP contribution in [0, 0.1) is 6.92 Å². The van der Waals surface area contributed by atoms with Crippen molar-refractivity contribution in [3.05, 3.63) is 28.5 Å². The Hall–Kier alpha value is -1.95. The lowest BCUT2D eigenvalue weighted by Crippen LogP contribution is -2.03. The molecule has 0 spiro atoms. The van der Waals surface area contributed by atoms with Crippen molar-refractivity contribution in [3.63, 3.8) is 0 Å². The summed E-state index contributed by atoms with van der Waals surface area (Å²) < 4.78 is 7.40. The molecule has 3 aromatic rings. The van der Waals surface area contributed by atoms with Gasteiger partial charge in [0.05, 0.1) is 12.8 Å². The van der Waals surface area contributed by atoms with Crippen LogP contribution >= 0.6 is 11.3 Å². The Balaban J connectivity index is 2.17. The summed E-state index contributed by atoms with van der Waals surface area (Å²) in [5.74, 6) is 1.32. The fraction of sp³-hybridized carbons (Fsp3) is 0.400. The highest BCUT2D eigenvalue weighted by Gasteiger charge is 2.15. The van der Waals surface area contributed by atoms with E-state index in [4.69, 9.17) is 4.74 Å². The van der Waals surface area contributed by atoms with Crippen LogP contribution in [0.4, 0.5) is 0 Å². The van der Waals surface area contributed by atoms with Gasteiger partial charge in [0.1, 0.15) is 10.7 Å². The van der Waals surface area contributed by atoms with Crippen LogP contribution in [0.1, 0.15) is 30.8 Å². The van der Waals surface area contributed by atoms with E-state index in [1.165, 1.54) is 0 Å². The molecule has 0 amide bonds. The van der Waals surface area contributed by atoms with Gasteiger partial charge in [-0.2, -0.15) is 4.98 Å². The predicted octanol–water partition coefficient (Wildman–Crippen LogP) is 3.29. The molecule has 21 heavy (non-hydrogen) atoms. The lowest BCUT2D eigenvalue weighted by atomic mass is 10.2. The van der Waals surface area contributed by atoms with Gasteiger partial charge in [-0.1, -0.05) is 13.8 Å². The maximum absolute atomic E-state index is 5.38. The second kappa shape index (κ2) is 5.44. The van der Waals surface area contributed by atoms with Gasteiger partial charge in [-0.15, -0.1) is 11.3 Å². The molecule has 3 heterocycles. The van der Waals surface area contributed by atoms with Gasteiger partial charge in [0, 0.05) is 22.8 Å². The highest BCUT2D eigenvalue weighted by Crippen LogP contribution is 2.27. The van der Waals surface area contributed by atoms with Crippen molar-refractivity contribution in [2.45, 2.75) is 33.6 Å². The summed E-state index contributed by atoms with van der Waals surface area (Å²) in [6, 6.07) is 0. The molecule has 0 N–H and O–H groups in total. The topological polar surface area (TPSA) is 52.3 Å². The first-order chi connectivity index (χ1) is 10.2. The second-order valence-electron chi connectivity index (χ2n) is 4.83. The highest BCUT2D eigenvalue weighted by atomic mass is 32.1. The van der Waals surface area contributed by atoms with E-state index >= 15 is 0 Å². The molecule has 3 aromatic heterocycles. The summed E-state index contributed by atoms with van der Waals surface area (Å²) in [4.78, 5) is 13.7. The van der Waals surface area contributed by atoms with Crippen molar-refractivity contribution in [1.82, 2.24) is 19.4 Å². The first-order valence-corrected chi connectivity index (χ1v) is 7.93. The number of hydrogen-bond acceptors (Lipinski definition) is 5. The van der Waals surface area contributed by atoms with Gasteiger partial charge in [0.2, 0.25) is 11.7 Å². The van der Waals surface area contributed by atoms with E-state index in [1.807, 2.05) is 10.6 Å². The van der Waals surface area contributed by atoms with Crippen molar-refractivity contribution >= 4 is 17.1 Å². The summed E-state index contributed by atoms with van der Waals surface area (Å²) in [5.41, 5.74) is 4.20. The van der Waals surface area contributed by atoms with Crippen molar-refractivity contribution < 1.29 is 4.74 Å². The minimum atomic E-state index is 0.657. The summed E-state index contributed by atoms with van der Waals surface area (Å²) in [6.45, 7) is 6.28. The van der Waals surface area contributed by atoms with Crippen LogP contribution < -0.4 is 4.74 Å². The van der Waals surface area contributed by atoms with Crippen molar-refractivity contribution in [1.29, 1.82) is 0 Å². The zero-order valence-electron chi connectivity index (χ0n) is 12.7. The molecule has 0 saturated carbocycles. The van der Waals surface area contributed by atoms with Gasteiger partial charge in [-0.3, -0.25) is 4.40 Å². The van der Waals surface area contributed by atoms with Crippen LogP contribution in [0.15, 0.2) is 11.6 Å². The molecule has 0 aliphatic carbocycles. The average molecular weight is 302 g/mol. The molecule has 0 fully saturated rings. The minimum absolute atomic E-state index is 0.657. The quantitative estimate of drug-likeness (QED) is 0.742. The second-order valence-corrected chi connectivity index (χ2v) is 5.69. The normalized spacial score (nSPS) is 11.2. The Bertz CT molecular complexity index is 790. The smallest absolute Gasteiger partial charge is 0.237 e. The molecule has 110 valence electrons. The van der Waals surface area contributed by atoms with Crippen molar-refractivity contribution in [2.24, 2.45) is 0 Å². The molecule has 0 aromatic carbocycles. The van der Waals surface area contributed by atoms with Crippen LogP contribution in [-0.2, 0) is 12.8 Å². The summed E-state index contributed by atoms with van der Waals surface area (Å²) >= 11 is 1.62. The average Bonchev–Trinajstić information content (AvgIpc) is 3.13. The van der Waals surface area contributed by atoms with Crippen LogP contribution in [0.25, 0.3) is 16.5 Å². The number of aromatic nitrogens is 4. The lowest BCUT2D eigenvalue weighted by Gasteiger charge is -2.10. The Labute approximate surface area is 127 Å². The van der Waals surface area contributed by atoms with E-state index in [0.29, 0.717) is 11.7 Å². The fourth-order valence-corrected chi connectivity index (χ4v) is 3.28. The summed E-state index contributed by atoms with van der Waals surface area (Å²) in [7, 11) is 1.65. The van der Waals surface area contributed by atoms with Gasteiger partial charge >= 0.3 is 0 Å². The number of methoxy groups -OCH3 is 1. The number of hydrogen-bond donors (Lipinski definition) is 0. The lowest BCUT2D eigenvalue weighted by molar-refractivity contribution is 0.392. The number of ether oxygens (including phenoxy) is 1. The highest BCUT2D eigenvalue weighted by molar-refractivity contribution is 7.13. The van der Waals surface area contributed by atoms with E-state index in [1.54, 1.807) is 18.4 Å². The molecule has 0 radical (unpaired) electrons. The van der Waals surface area contributed by atoms with E-state index in [-0.39, 0.29) is 0 Å². The van der Waals surface area contributed by atoms with E-state index < -0.39 is 0 Å². The predicted molar refractivity (Wildman–Crippen MR) is 84.1 cm³/mol. The summed E-state index contributed by atoms with van der Waals surface area (Å²) in [5, 5.41) is 3.02. The molecule has 0 unspecified atom stereocenters. The molecule has 0 aliphatic rings. The number of thiazole rings is 1. The molecule has 3 rings (SSSR count). The number of aryl methyl sites for hydroxylation is 2. The maximum Gasteiger partial charge on any atom is 0.237 e. The molecule has 0 saturated heterocycles. The molecule has 5 nitrogen and oxygen atoms in total. The molecular formula is C15H18N4OS. The zero-order valence-corrected chi connectivity index (χ0v) is 13.5. The van der Waals surface area contributed by atoms with Crippen molar-refractivity contribution in [3.8, 4) is 16.6 Å². The molecule has 0 aliphatic heterocycles. The number of rotatable bonds is 4. The molecule has 6 heteroatoms. The standard InChI is InChI=1S/C15H18N4OS/c1-5-10-8-21-14(16-10)12-7-19-9(3)11(6-2)13(20-4)18-15(19)17-12/h7-8H,5-6H2,1-4H3. The Kier molecular flexibility index (Phi) is 3.63. The fourth-order valence-electron chi connectivity index (χ4n) is 2.42. The van der Waals surface area contributed by atoms with Gasteiger partial charge in [0.25, 0.3) is 0 Å². The number of nitrogens with zero attached hydrogens (tertiary/aromatic N) is 4. The maximum atomic E-state index is 5.38. The number of fused-ring (bicyclic) bond motifs is 1. The zero-order chi connectivity index (χ0) is 15.0. The van der Waals surface area contributed by atoms with E-state index in [2.05, 4.69) is 41.1 Å². The van der Waals surface area contributed by atoms with Gasteiger partial charge < -0.3 is 4.74 Å². The van der Waals surface area contributed by atoms with Crippen LogP contribution in [0.5, 0.6) is 5.88 Å². The largest absolute Gasteiger partial charge is 0.481 e. The SMILES string of the molecule is CCc1csc(-c2cn3c(C)c(CC)c(OC)nc3n2)n1. The third kappa shape index (κ3) is 2.29.